The van der Waals surface area contributed by atoms with Gasteiger partial charge in [-0.25, -0.2) is 0 Å². The van der Waals surface area contributed by atoms with Gasteiger partial charge in [0, 0.05) is 13.2 Å². The van der Waals surface area contributed by atoms with Crippen molar-refractivity contribution in [2.45, 2.75) is 122 Å². The summed E-state index contributed by atoms with van der Waals surface area (Å²) < 4.78 is 40.6. The zero-order valence-corrected chi connectivity index (χ0v) is 20.6. The third-order valence-electron chi connectivity index (χ3n) is 5.46. The van der Waals surface area contributed by atoms with Crippen molar-refractivity contribution in [1.29, 1.82) is 0 Å². The van der Waals surface area contributed by atoms with E-state index >= 15 is 0 Å². The van der Waals surface area contributed by atoms with Crippen LogP contribution in [0.5, 0.6) is 0 Å². The molecule has 0 amide bonds. The van der Waals surface area contributed by atoms with E-state index in [-0.39, 0.29) is 5.75 Å². The highest BCUT2D eigenvalue weighted by Gasteiger charge is 2.02. The summed E-state index contributed by atoms with van der Waals surface area (Å²) in [6.45, 7) is 4.73. The standard InChI is InChI=1S/C24H50O5S/c1-2-3-4-5-6-7-8-9-10-11-12-13-14-15-16-17-20-28-22-23-29-21-18-19-24-30(25,26)27/h2-24H2,1H3,(H,25,26,27). The highest BCUT2D eigenvalue weighted by atomic mass is 32.2. The summed E-state index contributed by atoms with van der Waals surface area (Å²) in [5.74, 6) is -0.188. The Kier molecular flexibility index (Phi) is 23.4. The first kappa shape index (κ1) is 29.8. The monoisotopic (exact) mass is 450 g/mol. The predicted octanol–water partition coefficient (Wildman–Crippen LogP) is 6.95. The lowest BCUT2D eigenvalue weighted by Crippen LogP contribution is -2.08. The van der Waals surface area contributed by atoms with Gasteiger partial charge < -0.3 is 9.47 Å². The maximum Gasteiger partial charge on any atom is 0.264 e. The van der Waals surface area contributed by atoms with Crippen LogP contribution in [0.1, 0.15) is 122 Å². The van der Waals surface area contributed by atoms with Gasteiger partial charge in [-0.05, 0) is 19.3 Å². The summed E-state index contributed by atoms with van der Waals surface area (Å²) in [5, 5.41) is 0. The van der Waals surface area contributed by atoms with Crippen LogP contribution in [0.25, 0.3) is 0 Å². The summed E-state index contributed by atoms with van der Waals surface area (Å²) in [6.07, 6.45) is 23.1. The van der Waals surface area contributed by atoms with E-state index in [2.05, 4.69) is 6.92 Å². The molecule has 0 bridgehead atoms. The van der Waals surface area contributed by atoms with E-state index in [1.54, 1.807) is 0 Å². The zero-order chi connectivity index (χ0) is 22.2. The molecule has 5 nitrogen and oxygen atoms in total. The van der Waals surface area contributed by atoms with E-state index in [1.807, 2.05) is 0 Å². The molecule has 0 unspecified atom stereocenters. The van der Waals surface area contributed by atoms with Gasteiger partial charge in [0.25, 0.3) is 10.1 Å². The van der Waals surface area contributed by atoms with Crippen LogP contribution < -0.4 is 0 Å². The predicted molar refractivity (Wildman–Crippen MR) is 127 cm³/mol. The maximum atomic E-state index is 10.5. The van der Waals surface area contributed by atoms with Crippen LogP contribution in [-0.4, -0.2) is 45.2 Å². The second-order valence-corrected chi connectivity index (χ2v) is 10.1. The number of hydrogen-bond donors (Lipinski definition) is 1. The first-order chi connectivity index (χ1) is 14.6. The summed E-state index contributed by atoms with van der Waals surface area (Å²) in [7, 11) is -3.83. The Morgan fingerprint density at radius 1 is 0.500 bits per heavy atom. The average Bonchev–Trinajstić information content (AvgIpc) is 2.70. The molecule has 0 aromatic rings. The number of hydrogen-bond acceptors (Lipinski definition) is 4. The van der Waals surface area contributed by atoms with Crippen LogP contribution in [-0.2, 0) is 19.6 Å². The topological polar surface area (TPSA) is 72.8 Å². The fourth-order valence-electron chi connectivity index (χ4n) is 3.56. The van der Waals surface area contributed by atoms with E-state index in [0.29, 0.717) is 32.7 Å². The Labute approximate surface area is 187 Å². The van der Waals surface area contributed by atoms with Crippen molar-refractivity contribution in [1.82, 2.24) is 0 Å². The molecule has 0 aliphatic heterocycles. The molecule has 0 spiro atoms. The minimum absolute atomic E-state index is 0.188. The molecular formula is C24H50O5S. The average molecular weight is 451 g/mol. The van der Waals surface area contributed by atoms with Crippen molar-refractivity contribution in [3.63, 3.8) is 0 Å². The first-order valence-electron chi connectivity index (χ1n) is 12.7. The molecule has 0 heterocycles. The second kappa shape index (κ2) is 23.5. The molecule has 0 saturated heterocycles. The van der Waals surface area contributed by atoms with Crippen molar-refractivity contribution < 1.29 is 22.4 Å². The molecule has 0 aromatic heterocycles. The lowest BCUT2D eigenvalue weighted by Gasteiger charge is -2.06. The van der Waals surface area contributed by atoms with Crippen molar-refractivity contribution in [2.24, 2.45) is 0 Å². The van der Waals surface area contributed by atoms with Crippen LogP contribution in [0.4, 0.5) is 0 Å². The summed E-state index contributed by atoms with van der Waals surface area (Å²) in [6, 6.07) is 0. The van der Waals surface area contributed by atoms with Gasteiger partial charge in [0.1, 0.15) is 0 Å². The molecule has 0 rings (SSSR count). The van der Waals surface area contributed by atoms with E-state index in [0.717, 1.165) is 13.0 Å². The molecule has 0 fully saturated rings. The highest BCUT2D eigenvalue weighted by molar-refractivity contribution is 7.85. The summed E-state index contributed by atoms with van der Waals surface area (Å²) in [5.41, 5.74) is 0. The molecule has 0 atom stereocenters. The normalized spacial score (nSPS) is 11.9. The molecule has 0 aliphatic rings. The molecule has 0 aromatic carbocycles. The van der Waals surface area contributed by atoms with Gasteiger partial charge in [0.05, 0.1) is 19.0 Å². The smallest absolute Gasteiger partial charge is 0.264 e. The third kappa shape index (κ3) is 27.8. The molecule has 0 saturated carbocycles. The van der Waals surface area contributed by atoms with Gasteiger partial charge in [-0.3, -0.25) is 4.55 Å². The van der Waals surface area contributed by atoms with Crippen molar-refractivity contribution in [3.8, 4) is 0 Å². The van der Waals surface area contributed by atoms with Crippen LogP contribution in [0, 0.1) is 0 Å². The van der Waals surface area contributed by atoms with Gasteiger partial charge in [-0.15, -0.1) is 0 Å². The molecule has 1 N–H and O–H groups in total. The Morgan fingerprint density at radius 3 is 1.20 bits per heavy atom. The SMILES string of the molecule is CCCCCCCCCCCCCCCCCCOCCOCCCCS(=O)(=O)O. The minimum atomic E-state index is -3.83. The highest BCUT2D eigenvalue weighted by Crippen LogP contribution is 2.13. The van der Waals surface area contributed by atoms with E-state index < -0.39 is 10.1 Å². The van der Waals surface area contributed by atoms with Crippen LogP contribution in [0.15, 0.2) is 0 Å². The van der Waals surface area contributed by atoms with Crippen molar-refractivity contribution in [3.05, 3.63) is 0 Å². The van der Waals surface area contributed by atoms with Crippen molar-refractivity contribution in [2.75, 3.05) is 32.2 Å². The van der Waals surface area contributed by atoms with Gasteiger partial charge in [0.2, 0.25) is 0 Å². The van der Waals surface area contributed by atoms with Crippen LogP contribution >= 0.6 is 0 Å². The minimum Gasteiger partial charge on any atom is -0.379 e. The molecule has 6 heteroatoms. The van der Waals surface area contributed by atoms with Gasteiger partial charge in [-0.1, -0.05) is 103 Å². The summed E-state index contributed by atoms with van der Waals surface area (Å²) >= 11 is 0. The maximum absolute atomic E-state index is 10.5. The Hall–Kier alpha value is -0.170. The lowest BCUT2D eigenvalue weighted by molar-refractivity contribution is 0.0453. The van der Waals surface area contributed by atoms with E-state index in [1.165, 1.54) is 96.3 Å². The van der Waals surface area contributed by atoms with Gasteiger partial charge >= 0.3 is 0 Å². The molecule has 0 radical (unpaired) electrons. The Morgan fingerprint density at radius 2 is 0.833 bits per heavy atom. The zero-order valence-electron chi connectivity index (χ0n) is 19.8. The summed E-state index contributed by atoms with van der Waals surface area (Å²) in [4.78, 5) is 0. The second-order valence-electron chi connectivity index (χ2n) is 8.52. The molecule has 0 aliphatic carbocycles. The fraction of sp³-hybridized carbons (Fsp3) is 1.00. The van der Waals surface area contributed by atoms with Crippen molar-refractivity contribution >= 4 is 10.1 Å². The van der Waals surface area contributed by atoms with Gasteiger partial charge in [0.15, 0.2) is 0 Å². The van der Waals surface area contributed by atoms with E-state index in [4.69, 9.17) is 14.0 Å². The fourth-order valence-corrected chi connectivity index (χ4v) is 4.13. The van der Waals surface area contributed by atoms with Crippen LogP contribution in [0.3, 0.4) is 0 Å². The van der Waals surface area contributed by atoms with E-state index in [9.17, 15) is 8.42 Å². The number of rotatable bonds is 25. The van der Waals surface area contributed by atoms with Crippen LogP contribution in [0.2, 0.25) is 0 Å². The molecule has 30 heavy (non-hydrogen) atoms. The quantitative estimate of drug-likeness (QED) is 0.120. The third-order valence-corrected chi connectivity index (χ3v) is 6.26. The largest absolute Gasteiger partial charge is 0.379 e. The Balaban J connectivity index is 3.03. The molecule has 182 valence electrons. The number of ether oxygens (including phenoxy) is 2. The number of unbranched alkanes of at least 4 members (excludes halogenated alkanes) is 16. The van der Waals surface area contributed by atoms with Gasteiger partial charge in [-0.2, -0.15) is 8.42 Å². The Bertz CT molecular complexity index is 425. The lowest BCUT2D eigenvalue weighted by atomic mass is 10.0. The first-order valence-corrected chi connectivity index (χ1v) is 14.3. The molecular weight excluding hydrogens is 400 g/mol.